The molecule has 8 nitrogen and oxygen atoms in total. The Morgan fingerprint density at radius 2 is 2.23 bits per heavy atom. The van der Waals surface area contributed by atoms with Gasteiger partial charge in [0.25, 0.3) is 5.91 Å². The van der Waals surface area contributed by atoms with Crippen molar-refractivity contribution in [3.8, 4) is 0 Å². The second kappa shape index (κ2) is 7.19. The molecular weight excluding hydrogens is 334 g/mol. The monoisotopic (exact) mass is 359 g/mol. The predicted octanol–water partition coefficient (Wildman–Crippen LogP) is 1.71. The molecule has 1 amide bonds. The van der Waals surface area contributed by atoms with Gasteiger partial charge in [-0.05, 0) is 38.2 Å². The topological polar surface area (TPSA) is 86.3 Å². The summed E-state index contributed by atoms with van der Waals surface area (Å²) in [4.78, 5) is 19.0. The highest BCUT2D eigenvalue weighted by atomic mass is 16.5. The molecule has 0 N–H and O–H groups in total. The lowest BCUT2D eigenvalue weighted by Gasteiger charge is -2.15. The van der Waals surface area contributed by atoms with Gasteiger partial charge in [0.2, 0.25) is 5.89 Å². The summed E-state index contributed by atoms with van der Waals surface area (Å²) >= 11 is 0. The number of aryl methyl sites for hydroxylation is 2. The number of aromatic nitrogens is 4. The number of carbonyl (C=O) groups is 1. The molecule has 1 aliphatic heterocycles. The van der Waals surface area contributed by atoms with Crippen molar-refractivity contribution in [2.24, 2.45) is 13.0 Å². The minimum atomic E-state index is 0.00353. The number of ether oxygens (including phenoxy) is 1. The molecule has 2 fully saturated rings. The fourth-order valence-electron chi connectivity index (χ4n) is 3.35. The second-order valence-corrected chi connectivity index (χ2v) is 7.35. The van der Waals surface area contributed by atoms with Crippen molar-refractivity contribution in [3.05, 3.63) is 29.2 Å². The van der Waals surface area contributed by atoms with E-state index in [2.05, 4.69) is 15.2 Å². The molecule has 1 saturated heterocycles. The smallest absolute Gasteiger partial charge is 0.272 e. The van der Waals surface area contributed by atoms with E-state index in [4.69, 9.17) is 9.26 Å². The third-order valence-electron chi connectivity index (χ3n) is 5.05. The van der Waals surface area contributed by atoms with E-state index in [1.54, 1.807) is 11.7 Å². The first-order valence-electron chi connectivity index (χ1n) is 9.30. The van der Waals surface area contributed by atoms with Crippen LogP contribution in [-0.2, 0) is 18.2 Å². The molecule has 0 spiro atoms. The second-order valence-electron chi connectivity index (χ2n) is 7.35. The van der Waals surface area contributed by atoms with Crippen LogP contribution in [0.15, 0.2) is 10.6 Å². The molecule has 1 atom stereocenters. The van der Waals surface area contributed by atoms with Crippen molar-refractivity contribution in [2.75, 3.05) is 26.3 Å². The first-order chi connectivity index (χ1) is 12.6. The normalized spacial score (nSPS) is 20.1. The minimum absolute atomic E-state index is 0.00353. The van der Waals surface area contributed by atoms with Gasteiger partial charge >= 0.3 is 0 Å². The van der Waals surface area contributed by atoms with Crippen LogP contribution >= 0.6 is 0 Å². The average molecular weight is 359 g/mol. The summed E-state index contributed by atoms with van der Waals surface area (Å²) in [7, 11) is 1.80. The van der Waals surface area contributed by atoms with Gasteiger partial charge in [0.1, 0.15) is 5.69 Å². The molecule has 4 rings (SSSR count). The van der Waals surface area contributed by atoms with Crippen molar-refractivity contribution >= 4 is 5.91 Å². The Morgan fingerprint density at radius 3 is 2.96 bits per heavy atom. The van der Waals surface area contributed by atoms with Crippen molar-refractivity contribution in [1.29, 1.82) is 0 Å². The van der Waals surface area contributed by atoms with E-state index in [1.807, 2.05) is 17.9 Å². The number of rotatable bonds is 7. The number of hydrogen-bond donors (Lipinski definition) is 0. The fourth-order valence-corrected chi connectivity index (χ4v) is 3.35. The van der Waals surface area contributed by atoms with Crippen molar-refractivity contribution in [2.45, 2.75) is 38.5 Å². The van der Waals surface area contributed by atoms with Crippen molar-refractivity contribution in [1.82, 2.24) is 24.8 Å². The molecule has 2 aromatic heterocycles. The molecule has 26 heavy (non-hydrogen) atoms. The number of nitrogens with zero attached hydrogens (tertiary/aromatic N) is 5. The molecule has 1 aliphatic carbocycles. The highest BCUT2D eigenvalue weighted by Crippen LogP contribution is 2.29. The molecule has 0 bridgehead atoms. The van der Waals surface area contributed by atoms with Crippen LogP contribution < -0.4 is 0 Å². The van der Waals surface area contributed by atoms with Gasteiger partial charge in [-0.2, -0.15) is 10.1 Å². The van der Waals surface area contributed by atoms with E-state index < -0.39 is 0 Å². The van der Waals surface area contributed by atoms with Crippen LogP contribution in [0.5, 0.6) is 0 Å². The standard InChI is InChI=1S/C18H25N5O3/c1-12-9-15(22(2)20-12)18(24)23-7-5-14(10-23)17-19-16(21-26-17)6-8-25-11-13-3-4-13/h9,13-14H,3-8,10-11H2,1-2H3. The first kappa shape index (κ1) is 17.2. The Bertz CT molecular complexity index is 780. The summed E-state index contributed by atoms with van der Waals surface area (Å²) in [5.74, 6) is 2.17. The third kappa shape index (κ3) is 3.80. The van der Waals surface area contributed by atoms with Gasteiger partial charge < -0.3 is 14.2 Å². The van der Waals surface area contributed by atoms with Gasteiger partial charge in [-0.3, -0.25) is 9.48 Å². The van der Waals surface area contributed by atoms with E-state index in [0.717, 1.165) is 24.6 Å². The number of carbonyl (C=O) groups excluding carboxylic acids is 1. The van der Waals surface area contributed by atoms with Gasteiger partial charge in [-0.15, -0.1) is 0 Å². The van der Waals surface area contributed by atoms with Crippen LogP contribution in [0.2, 0.25) is 0 Å². The summed E-state index contributed by atoms with van der Waals surface area (Å²) in [5, 5.41) is 8.31. The maximum absolute atomic E-state index is 12.7. The van der Waals surface area contributed by atoms with E-state index in [9.17, 15) is 4.79 Å². The Kier molecular flexibility index (Phi) is 4.76. The Morgan fingerprint density at radius 1 is 1.38 bits per heavy atom. The molecule has 1 saturated carbocycles. The SMILES string of the molecule is Cc1cc(C(=O)N2CCC(c3nc(CCOCC4CC4)no3)C2)n(C)n1. The highest BCUT2D eigenvalue weighted by molar-refractivity contribution is 5.92. The summed E-state index contributed by atoms with van der Waals surface area (Å²) in [6.07, 6.45) is 4.09. The lowest BCUT2D eigenvalue weighted by molar-refractivity contribution is 0.0778. The predicted molar refractivity (Wildman–Crippen MR) is 92.8 cm³/mol. The van der Waals surface area contributed by atoms with E-state index in [1.165, 1.54) is 12.8 Å². The van der Waals surface area contributed by atoms with Crippen LogP contribution in [0.3, 0.4) is 0 Å². The molecule has 2 aliphatic rings. The largest absolute Gasteiger partial charge is 0.381 e. The quantitative estimate of drug-likeness (QED) is 0.700. The zero-order valence-corrected chi connectivity index (χ0v) is 15.3. The van der Waals surface area contributed by atoms with Crippen LogP contribution in [0, 0.1) is 12.8 Å². The summed E-state index contributed by atoms with van der Waals surface area (Å²) in [5.41, 5.74) is 1.46. The zero-order valence-electron chi connectivity index (χ0n) is 15.3. The molecule has 2 aromatic rings. The van der Waals surface area contributed by atoms with Gasteiger partial charge in [-0.25, -0.2) is 0 Å². The maximum Gasteiger partial charge on any atom is 0.272 e. The molecule has 1 unspecified atom stereocenters. The zero-order chi connectivity index (χ0) is 18.1. The lowest BCUT2D eigenvalue weighted by atomic mass is 10.1. The van der Waals surface area contributed by atoms with Crippen LogP contribution in [0.4, 0.5) is 0 Å². The maximum atomic E-state index is 12.7. The first-order valence-corrected chi connectivity index (χ1v) is 9.30. The molecule has 0 aromatic carbocycles. The van der Waals surface area contributed by atoms with Crippen molar-refractivity contribution in [3.63, 3.8) is 0 Å². The minimum Gasteiger partial charge on any atom is -0.381 e. The van der Waals surface area contributed by atoms with Crippen LogP contribution in [0.1, 0.15) is 53.1 Å². The number of hydrogen-bond acceptors (Lipinski definition) is 6. The van der Waals surface area contributed by atoms with Gasteiger partial charge in [0.15, 0.2) is 5.82 Å². The molecule has 0 radical (unpaired) electrons. The summed E-state index contributed by atoms with van der Waals surface area (Å²) in [6, 6.07) is 1.82. The average Bonchev–Trinajstić information content (AvgIpc) is 3.00. The Balaban J connectivity index is 1.30. The number of likely N-dealkylation sites (tertiary alicyclic amines) is 1. The summed E-state index contributed by atoms with van der Waals surface area (Å²) < 4.78 is 12.7. The molecule has 3 heterocycles. The van der Waals surface area contributed by atoms with E-state index >= 15 is 0 Å². The van der Waals surface area contributed by atoms with Crippen molar-refractivity contribution < 1.29 is 14.1 Å². The lowest BCUT2D eigenvalue weighted by Crippen LogP contribution is -2.30. The van der Waals surface area contributed by atoms with Gasteiger partial charge in [0.05, 0.1) is 18.2 Å². The third-order valence-corrected chi connectivity index (χ3v) is 5.05. The van der Waals surface area contributed by atoms with Crippen LogP contribution in [-0.4, -0.2) is 57.0 Å². The van der Waals surface area contributed by atoms with Gasteiger partial charge in [-0.1, -0.05) is 5.16 Å². The fraction of sp³-hybridized carbons (Fsp3) is 0.667. The molecular formula is C18H25N5O3. The molecule has 8 heteroatoms. The number of amides is 1. The van der Waals surface area contributed by atoms with Gasteiger partial charge in [0, 0.05) is 33.2 Å². The summed E-state index contributed by atoms with van der Waals surface area (Å²) in [6.45, 7) is 4.65. The van der Waals surface area contributed by atoms with E-state index in [-0.39, 0.29) is 11.8 Å². The highest BCUT2D eigenvalue weighted by Gasteiger charge is 2.32. The van der Waals surface area contributed by atoms with Crippen LogP contribution in [0.25, 0.3) is 0 Å². The Hall–Kier alpha value is -2.22. The molecule has 140 valence electrons. The van der Waals surface area contributed by atoms with E-state index in [0.29, 0.717) is 43.5 Å². The Labute approximate surface area is 152 Å².